The number of benzene rings is 1. The molecular weight excluding hydrogens is 322 g/mol. The molecule has 0 aliphatic rings. The summed E-state index contributed by atoms with van der Waals surface area (Å²) in [4.78, 5) is 4.57. The zero-order valence-corrected chi connectivity index (χ0v) is 15.1. The summed E-state index contributed by atoms with van der Waals surface area (Å²) in [5.74, 6) is 0.886. The van der Waals surface area contributed by atoms with Crippen LogP contribution in [0, 0.1) is 13.8 Å². The minimum Gasteiger partial charge on any atom is -0.507 e. The highest BCUT2D eigenvalue weighted by Gasteiger charge is 2.21. The lowest BCUT2D eigenvalue weighted by Gasteiger charge is -2.12. The highest BCUT2D eigenvalue weighted by molar-refractivity contribution is 7.13. The minimum atomic E-state index is 0.164. The summed E-state index contributed by atoms with van der Waals surface area (Å²) >= 11 is 1.58. The molecule has 0 radical (unpaired) electrons. The molecule has 0 unspecified atom stereocenters. The number of ether oxygens (including phenoxy) is 1. The van der Waals surface area contributed by atoms with Gasteiger partial charge in [-0.1, -0.05) is 6.92 Å². The lowest BCUT2D eigenvalue weighted by Crippen LogP contribution is -1.97. The summed E-state index contributed by atoms with van der Waals surface area (Å²) < 4.78 is 5.62. The highest BCUT2D eigenvalue weighted by atomic mass is 32.1. The van der Waals surface area contributed by atoms with Crippen molar-refractivity contribution in [3.63, 3.8) is 0 Å². The number of aryl methyl sites for hydroxylation is 3. The molecule has 0 aliphatic carbocycles. The van der Waals surface area contributed by atoms with Crippen molar-refractivity contribution in [3.05, 3.63) is 34.5 Å². The van der Waals surface area contributed by atoms with E-state index in [1.165, 1.54) is 0 Å². The Balaban J connectivity index is 2.17. The van der Waals surface area contributed by atoms with Crippen LogP contribution in [0.4, 0.5) is 0 Å². The van der Waals surface area contributed by atoms with Gasteiger partial charge in [0.05, 0.1) is 12.2 Å². The first-order chi connectivity index (χ1) is 11.5. The van der Waals surface area contributed by atoms with Crippen LogP contribution in [-0.2, 0) is 6.42 Å². The Hall–Kier alpha value is -2.34. The number of aromatic nitrogens is 3. The first kappa shape index (κ1) is 16.5. The fourth-order valence-electron chi connectivity index (χ4n) is 2.72. The number of aromatic hydroxyl groups is 1. The number of rotatable bonds is 5. The van der Waals surface area contributed by atoms with E-state index >= 15 is 0 Å². The molecule has 24 heavy (non-hydrogen) atoms. The Morgan fingerprint density at radius 3 is 2.67 bits per heavy atom. The van der Waals surface area contributed by atoms with Crippen LogP contribution in [0.25, 0.3) is 21.8 Å². The molecule has 0 spiro atoms. The van der Waals surface area contributed by atoms with Crippen LogP contribution in [0.1, 0.15) is 30.8 Å². The second-order valence-electron chi connectivity index (χ2n) is 5.63. The van der Waals surface area contributed by atoms with Crippen molar-refractivity contribution >= 4 is 11.3 Å². The molecule has 6 heteroatoms. The lowest BCUT2D eigenvalue weighted by atomic mass is 10.0. The zero-order valence-electron chi connectivity index (χ0n) is 14.3. The fraction of sp³-hybridized carbons (Fsp3) is 0.333. The number of phenols is 1. The predicted octanol–water partition coefficient (Wildman–Crippen LogP) is 4.48. The molecular formula is C18H21N3O2S. The quantitative estimate of drug-likeness (QED) is 0.716. The monoisotopic (exact) mass is 343 g/mol. The molecule has 5 nitrogen and oxygen atoms in total. The second-order valence-corrected chi connectivity index (χ2v) is 6.49. The third-order valence-electron chi connectivity index (χ3n) is 3.89. The van der Waals surface area contributed by atoms with Crippen molar-refractivity contribution in [2.75, 3.05) is 6.61 Å². The van der Waals surface area contributed by atoms with Crippen molar-refractivity contribution in [2.45, 2.75) is 34.1 Å². The lowest BCUT2D eigenvalue weighted by molar-refractivity contribution is 0.334. The van der Waals surface area contributed by atoms with Crippen LogP contribution < -0.4 is 4.74 Å². The van der Waals surface area contributed by atoms with E-state index in [4.69, 9.17) is 4.74 Å². The number of phenolic OH excluding ortho intramolecular Hbond substituents is 1. The maximum Gasteiger partial charge on any atom is 0.128 e. The molecule has 0 saturated carbocycles. The van der Waals surface area contributed by atoms with Crippen LogP contribution in [0.2, 0.25) is 0 Å². The third-order valence-corrected chi connectivity index (χ3v) is 4.87. The van der Waals surface area contributed by atoms with Gasteiger partial charge in [-0.05, 0) is 38.8 Å². The summed E-state index contributed by atoms with van der Waals surface area (Å²) in [5, 5.41) is 20.9. The summed E-state index contributed by atoms with van der Waals surface area (Å²) in [6.45, 7) is 8.51. The van der Waals surface area contributed by atoms with E-state index < -0.39 is 0 Å². The number of nitrogens with zero attached hydrogens (tertiary/aromatic N) is 2. The Morgan fingerprint density at radius 2 is 2.04 bits per heavy atom. The first-order valence-electron chi connectivity index (χ1n) is 8.01. The molecule has 3 rings (SSSR count). The van der Waals surface area contributed by atoms with Crippen LogP contribution in [0.3, 0.4) is 0 Å². The van der Waals surface area contributed by atoms with E-state index in [-0.39, 0.29) is 5.75 Å². The van der Waals surface area contributed by atoms with E-state index in [0.29, 0.717) is 12.2 Å². The number of thiazole rings is 1. The number of hydrogen-bond donors (Lipinski definition) is 2. The Kier molecular flexibility index (Phi) is 4.57. The molecule has 0 amide bonds. The van der Waals surface area contributed by atoms with Gasteiger partial charge < -0.3 is 9.84 Å². The van der Waals surface area contributed by atoms with Gasteiger partial charge in [0.1, 0.15) is 22.2 Å². The van der Waals surface area contributed by atoms with Gasteiger partial charge >= 0.3 is 0 Å². The summed E-state index contributed by atoms with van der Waals surface area (Å²) in [6.07, 6.45) is 0.817. The van der Waals surface area contributed by atoms with Gasteiger partial charge in [0.2, 0.25) is 0 Å². The molecule has 0 atom stereocenters. The Bertz CT molecular complexity index is 867. The van der Waals surface area contributed by atoms with Crippen molar-refractivity contribution in [3.8, 4) is 33.3 Å². The molecule has 2 N–H and O–H groups in total. The minimum absolute atomic E-state index is 0.164. The molecule has 0 saturated heterocycles. The van der Waals surface area contributed by atoms with E-state index in [1.54, 1.807) is 17.4 Å². The van der Waals surface area contributed by atoms with E-state index in [1.807, 2.05) is 32.2 Å². The van der Waals surface area contributed by atoms with Gasteiger partial charge in [-0.3, -0.25) is 5.10 Å². The smallest absolute Gasteiger partial charge is 0.128 e. The molecule has 2 aromatic heterocycles. The SMILES string of the molecule is CCOc1cc(O)c(-c2n[nH]c(C)c2-c2nc(C)cs2)cc1CC. The third kappa shape index (κ3) is 2.89. The molecule has 2 heterocycles. The van der Waals surface area contributed by atoms with Gasteiger partial charge in [-0.25, -0.2) is 4.98 Å². The predicted molar refractivity (Wildman–Crippen MR) is 96.8 cm³/mol. The molecule has 0 bridgehead atoms. The largest absolute Gasteiger partial charge is 0.507 e. The number of nitrogens with one attached hydrogen (secondary N) is 1. The average molecular weight is 343 g/mol. The molecule has 3 aromatic rings. The van der Waals surface area contributed by atoms with Crippen molar-refractivity contribution in [2.24, 2.45) is 0 Å². The van der Waals surface area contributed by atoms with Gasteiger partial charge in [-0.15, -0.1) is 11.3 Å². The van der Waals surface area contributed by atoms with Crippen molar-refractivity contribution in [1.82, 2.24) is 15.2 Å². The van der Waals surface area contributed by atoms with E-state index in [9.17, 15) is 5.11 Å². The van der Waals surface area contributed by atoms with Crippen molar-refractivity contribution in [1.29, 1.82) is 0 Å². The molecule has 126 valence electrons. The normalized spacial score (nSPS) is 11.0. The van der Waals surface area contributed by atoms with Gasteiger partial charge in [0.25, 0.3) is 0 Å². The average Bonchev–Trinajstić information content (AvgIpc) is 3.13. The van der Waals surface area contributed by atoms with Crippen LogP contribution >= 0.6 is 11.3 Å². The summed E-state index contributed by atoms with van der Waals surface area (Å²) in [6, 6.07) is 3.64. The van der Waals surface area contributed by atoms with Crippen molar-refractivity contribution < 1.29 is 9.84 Å². The molecule has 1 aromatic carbocycles. The number of hydrogen-bond acceptors (Lipinski definition) is 5. The van der Waals surface area contributed by atoms with Crippen LogP contribution in [-0.4, -0.2) is 26.9 Å². The van der Waals surface area contributed by atoms with Crippen LogP contribution in [0.15, 0.2) is 17.5 Å². The maximum atomic E-state index is 10.5. The summed E-state index contributed by atoms with van der Waals surface area (Å²) in [5.41, 5.74) is 5.32. The molecule has 0 fully saturated rings. The molecule has 0 aliphatic heterocycles. The Labute approximate surface area is 145 Å². The van der Waals surface area contributed by atoms with E-state index in [0.717, 1.165) is 45.4 Å². The number of H-pyrrole nitrogens is 1. The van der Waals surface area contributed by atoms with Gasteiger partial charge in [0.15, 0.2) is 0 Å². The Morgan fingerprint density at radius 1 is 1.25 bits per heavy atom. The van der Waals surface area contributed by atoms with E-state index in [2.05, 4.69) is 22.1 Å². The highest BCUT2D eigenvalue weighted by Crippen LogP contribution is 2.41. The van der Waals surface area contributed by atoms with Gasteiger partial charge in [-0.2, -0.15) is 5.10 Å². The second kappa shape index (κ2) is 6.65. The van der Waals surface area contributed by atoms with Crippen LogP contribution in [0.5, 0.6) is 11.5 Å². The topological polar surface area (TPSA) is 71.0 Å². The first-order valence-corrected chi connectivity index (χ1v) is 8.89. The zero-order chi connectivity index (χ0) is 17.3. The summed E-state index contributed by atoms with van der Waals surface area (Å²) in [7, 11) is 0. The standard InChI is InChI=1S/C18H21N3O2S/c1-5-12-7-13(14(22)8-15(12)23-6-2)17-16(11(4)20-21-17)18-19-10(3)9-24-18/h7-9,22H,5-6H2,1-4H3,(H,20,21). The maximum absolute atomic E-state index is 10.5. The van der Waals surface area contributed by atoms with Gasteiger partial charge in [0, 0.05) is 28.4 Å². The number of aromatic amines is 1. The fourth-order valence-corrected chi connectivity index (χ4v) is 3.62.